The number of nitrogens with zero attached hydrogens (tertiary/aromatic N) is 2. The zero-order chi connectivity index (χ0) is 23.2. The van der Waals surface area contributed by atoms with Crippen LogP contribution in [0.25, 0.3) is 0 Å². The van der Waals surface area contributed by atoms with Gasteiger partial charge >= 0.3 is 6.09 Å². The zero-order valence-electron chi connectivity index (χ0n) is 18.5. The fraction of sp³-hybridized carbons (Fsp3) is 0.476. The Kier molecular flexibility index (Phi) is 8.19. The van der Waals surface area contributed by atoms with E-state index >= 15 is 0 Å². The molecule has 2 aromatic rings. The summed E-state index contributed by atoms with van der Waals surface area (Å²) in [5, 5.41) is 0.529. The molecule has 0 aliphatic carbocycles. The van der Waals surface area contributed by atoms with Crippen LogP contribution in [-0.4, -0.2) is 48.7 Å². The predicted octanol–water partition coefficient (Wildman–Crippen LogP) is 3.51. The maximum absolute atomic E-state index is 12.7. The Morgan fingerprint density at radius 1 is 1.19 bits per heavy atom. The van der Waals surface area contributed by atoms with Crippen LogP contribution in [0.4, 0.5) is 4.79 Å². The number of benzene rings is 1. The van der Waals surface area contributed by atoms with E-state index in [4.69, 9.17) is 4.74 Å². The second-order valence-electron chi connectivity index (χ2n) is 8.21. The van der Waals surface area contributed by atoms with E-state index in [1.807, 2.05) is 35.1 Å². The highest BCUT2D eigenvalue weighted by Crippen LogP contribution is 2.21. The quantitative estimate of drug-likeness (QED) is 0.637. The van der Waals surface area contributed by atoms with Gasteiger partial charge in [0.1, 0.15) is 16.3 Å². The topological polar surface area (TPSA) is 106 Å². The van der Waals surface area contributed by atoms with Gasteiger partial charge in [0, 0.05) is 11.4 Å². The number of rotatable bonds is 8. The first-order valence-electron chi connectivity index (χ1n) is 9.84. The number of sulfonamides is 1. The molecule has 0 aliphatic heterocycles. The monoisotopic (exact) mass is 467 g/mol. The van der Waals surface area contributed by atoms with Crippen molar-refractivity contribution in [2.45, 2.75) is 52.7 Å². The fourth-order valence-corrected chi connectivity index (χ4v) is 4.17. The van der Waals surface area contributed by atoms with Gasteiger partial charge in [-0.3, -0.25) is 4.79 Å². The number of nitrogens with one attached hydrogen (secondary N) is 1. The number of hydrogen-bond acceptors (Lipinski definition) is 7. The van der Waals surface area contributed by atoms with Crippen molar-refractivity contribution in [3.63, 3.8) is 0 Å². The van der Waals surface area contributed by atoms with Gasteiger partial charge in [0.25, 0.3) is 5.91 Å². The average molecular weight is 468 g/mol. The molecular weight excluding hydrogens is 438 g/mol. The lowest BCUT2D eigenvalue weighted by molar-refractivity contribution is 0.0231. The predicted molar refractivity (Wildman–Crippen MR) is 121 cm³/mol. The Bertz CT molecular complexity index is 1010. The number of amides is 2. The van der Waals surface area contributed by atoms with Gasteiger partial charge in [0.05, 0.1) is 12.8 Å². The molecule has 1 aromatic carbocycles. The van der Waals surface area contributed by atoms with E-state index in [0.717, 1.165) is 19.1 Å². The molecule has 0 saturated heterocycles. The van der Waals surface area contributed by atoms with E-state index in [1.165, 1.54) is 16.9 Å². The van der Waals surface area contributed by atoms with Gasteiger partial charge in [-0.05, 0) is 46.1 Å². The molecule has 8 nitrogen and oxygen atoms in total. The van der Waals surface area contributed by atoms with Crippen molar-refractivity contribution in [1.82, 2.24) is 14.6 Å². The Balaban J connectivity index is 2.13. The van der Waals surface area contributed by atoms with Crippen LogP contribution in [0.2, 0.25) is 0 Å². The smallest absolute Gasteiger partial charge is 0.410 e. The first-order chi connectivity index (χ1) is 14.3. The number of aromatic nitrogens is 1. The molecule has 0 bridgehead atoms. The summed E-state index contributed by atoms with van der Waals surface area (Å²) >= 11 is 1.25. The lowest BCUT2D eigenvalue weighted by Crippen LogP contribution is -2.37. The van der Waals surface area contributed by atoms with Crippen LogP contribution < -0.4 is 4.72 Å². The molecule has 0 radical (unpaired) electrons. The van der Waals surface area contributed by atoms with Crippen LogP contribution in [-0.2, 0) is 27.7 Å². The highest BCUT2D eigenvalue weighted by atomic mass is 32.2. The standard InChI is InChI=1S/C21H29N3O5S2/c1-15-18(19(25)23-31(5,27)28)22-17(30-15)14-24(20(26)29-21(2,3)4)13-9-12-16-10-7-6-8-11-16/h6-8,10-11H,9,12-14H2,1-5H3,(H,23,25). The molecular formula is C21H29N3O5S2. The largest absolute Gasteiger partial charge is 0.444 e. The molecule has 0 saturated carbocycles. The minimum atomic E-state index is -3.69. The van der Waals surface area contributed by atoms with Crippen molar-refractivity contribution in [2.75, 3.05) is 12.8 Å². The summed E-state index contributed by atoms with van der Waals surface area (Å²) in [4.78, 5) is 31.3. The molecule has 170 valence electrons. The molecule has 2 rings (SSSR count). The first-order valence-corrected chi connectivity index (χ1v) is 12.5. The average Bonchev–Trinajstić information content (AvgIpc) is 2.99. The minimum absolute atomic E-state index is 0.0406. The normalized spacial score (nSPS) is 11.8. The summed E-state index contributed by atoms with van der Waals surface area (Å²) in [6, 6.07) is 9.98. The third-order valence-electron chi connectivity index (χ3n) is 4.05. The number of carbonyl (C=O) groups is 2. The second-order valence-corrected chi connectivity index (χ2v) is 11.2. The highest BCUT2D eigenvalue weighted by molar-refractivity contribution is 7.89. The lowest BCUT2D eigenvalue weighted by atomic mass is 10.1. The van der Waals surface area contributed by atoms with E-state index in [1.54, 1.807) is 32.6 Å². The molecule has 0 unspecified atom stereocenters. The Morgan fingerprint density at radius 3 is 2.42 bits per heavy atom. The molecule has 10 heteroatoms. The zero-order valence-corrected chi connectivity index (χ0v) is 20.1. The molecule has 2 amide bonds. The Hall–Kier alpha value is -2.46. The lowest BCUT2D eigenvalue weighted by Gasteiger charge is -2.27. The van der Waals surface area contributed by atoms with Crippen molar-refractivity contribution in [3.8, 4) is 0 Å². The van der Waals surface area contributed by atoms with Crippen LogP contribution in [0.3, 0.4) is 0 Å². The third-order valence-corrected chi connectivity index (χ3v) is 5.56. The van der Waals surface area contributed by atoms with E-state index in [2.05, 4.69) is 4.98 Å². The second kappa shape index (κ2) is 10.2. The van der Waals surface area contributed by atoms with Crippen molar-refractivity contribution >= 4 is 33.4 Å². The summed E-state index contributed by atoms with van der Waals surface area (Å²) in [6.07, 6.45) is 1.98. The highest BCUT2D eigenvalue weighted by Gasteiger charge is 2.25. The van der Waals surface area contributed by atoms with Crippen molar-refractivity contribution in [2.24, 2.45) is 0 Å². The summed E-state index contributed by atoms with van der Waals surface area (Å²) in [7, 11) is -3.69. The number of ether oxygens (including phenoxy) is 1. The van der Waals surface area contributed by atoms with Gasteiger partial charge in [0.15, 0.2) is 0 Å². The Morgan fingerprint density at radius 2 is 1.84 bits per heavy atom. The Labute approximate surface area is 187 Å². The summed E-state index contributed by atoms with van der Waals surface area (Å²) in [5.41, 5.74) is 0.573. The number of carbonyl (C=O) groups excluding carboxylic acids is 2. The van der Waals surface area contributed by atoms with E-state index in [-0.39, 0.29) is 12.2 Å². The van der Waals surface area contributed by atoms with Gasteiger partial charge in [-0.15, -0.1) is 11.3 Å². The number of hydrogen-bond donors (Lipinski definition) is 1. The number of aryl methyl sites for hydroxylation is 2. The van der Waals surface area contributed by atoms with E-state index in [0.29, 0.717) is 16.4 Å². The SMILES string of the molecule is Cc1sc(CN(CCCc2ccccc2)C(=O)OC(C)(C)C)nc1C(=O)NS(C)(=O)=O. The molecule has 0 aliphatic rings. The van der Waals surface area contributed by atoms with E-state index < -0.39 is 27.6 Å². The summed E-state index contributed by atoms with van der Waals surface area (Å²) < 4.78 is 30.1. The van der Waals surface area contributed by atoms with Gasteiger partial charge in [-0.1, -0.05) is 30.3 Å². The van der Waals surface area contributed by atoms with Crippen molar-refractivity contribution in [3.05, 3.63) is 51.5 Å². The molecule has 31 heavy (non-hydrogen) atoms. The summed E-state index contributed by atoms with van der Waals surface area (Å²) in [6.45, 7) is 7.71. The maximum atomic E-state index is 12.7. The molecule has 0 fully saturated rings. The van der Waals surface area contributed by atoms with Crippen LogP contribution in [0.5, 0.6) is 0 Å². The minimum Gasteiger partial charge on any atom is -0.444 e. The maximum Gasteiger partial charge on any atom is 0.410 e. The van der Waals surface area contributed by atoms with Gasteiger partial charge in [-0.25, -0.2) is 22.9 Å². The van der Waals surface area contributed by atoms with Crippen molar-refractivity contribution in [1.29, 1.82) is 0 Å². The third kappa shape index (κ3) is 8.66. The van der Waals surface area contributed by atoms with Gasteiger partial charge in [0.2, 0.25) is 10.0 Å². The molecule has 1 N–H and O–H groups in total. The molecule has 1 aromatic heterocycles. The first kappa shape index (κ1) is 24.8. The molecule has 1 heterocycles. The van der Waals surface area contributed by atoms with Gasteiger partial charge < -0.3 is 9.64 Å². The van der Waals surface area contributed by atoms with Crippen LogP contribution >= 0.6 is 11.3 Å². The van der Waals surface area contributed by atoms with Crippen LogP contribution in [0.15, 0.2) is 30.3 Å². The summed E-state index contributed by atoms with van der Waals surface area (Å²) in [5.74, 6) is -0.782. The van der Waals surface area contributed by atoms with Crippen LogP contribution in [0, 0.1) is 6.92 Å². The molecule has 0 spiro atoms. The van der Waals surface area contributed by atoms with Crippen molar-refractivity contribution < 1.29 is 22.7 Å². The van der Waals surface area contributed by atoms with Gasteiger partial charge in [-0.2, -0.15) is 0 Å². The number of thiazole rings is 1. The fourth-order valence-electron chi connectivity index (χ4n) is 2.79. The van der Waals surface area contributed by atoms with E-state index in [9.17, 15) is 18.0 Å². The molecule has 0 atom stereocenters. The van der Waals surface area contributed by atoms with Crippen LogP contribution in [0.1, 0.15) is 53.1 Å².